The Hall–Kier alpha value is -2.74. The van der Waals surface area contributed by atoms with E-state index in [1.54, 1.807) is 42.8 Å². The molecular formula is C15H18N4O4. The van der Waals surface area contributed by atoms with Crippen LogP contribution in [0.3, 0.4) is 0 Å². The maximum absolute atomic E-state index is 11.9. The number of aryl methyl sites for hydroxylation is 1. The SMILES string of the molecule is CON(C)C(=O)c1ccc(Cn2nc(C)c([N+](=O)[O-])c2C)cc1. The Morgan fingerprint density at radius 3 is 2.43 bits per heavy atom. The Morgan fingerprint density at radius 2 is 1.96 bits per heavy atom. The van der Waals surface area contributed by atoms with Crippen molar-refractivity contribution >= 4 is 11.6 Å². The van der Waals surface area contributed by atoms with Gasteiger partial charge in [-0.2, -0.15) is 5.10 Å². The topological polar surface area (TPSA) is 90.5 Å². The fourth-order valence-electron chi connectivity index (χ4n) is 2.30. The van der Waals surface area contributed by atoms with E-state index >= 15 is 0 Å². The summed E-state index contributed by atoms with van der Waals surface area (Å²) >= 11 is 0. The van der Waals surface area contributed by atoms with E-state index in [2.05, 4.69) is 5.10 Å². The summed E-state index contributed by atoms with van der Waals surface area (Å²) in [4.78, 5) is 27.4. The molecule has 2 rings (SSSR count). The number of nitro groups is 1. The van der Waals surface area contributed by atoms with Crippen LogP contribution >= 0.6 is 0 Å². The Labute approximate surface area is 133 Å². The monoisotopic (exact) mass is 318 g/mol. The van der Waals surface area contributed by atoms with Gasteiger partial charge >= 0.3 is 5.69 Å². The average molecular weight is 318 g/mol. The third-order valence-corrected chi connectivity index (χ3v) is 3.62. The molecule has 122 valence electrons. The van der Waals surface area contributed by atoms with Gasteiger partial charge in [0.05, 0.1) is 18.6 Å². The van der Waals surface area contributed by atoms with Crippen LogP contribution in [-0.4, -0.2) is 39.8 Å². The van der Waals surface area contributed by atoms with Crippen LogP contribution in [0, 0.1) is 24.0 Å². The van der Waals surface area contributed by atoms with E-state index in [4.69, 9.17) is 4.84 Å². The Kier molecular flexibility index (Phi) is 4.75. The smallest absolute Gasteiger partial charge is 0.274 e. The summed E-state index contributed by atoms with van der Waals surface area (Å²) < 4.78 is 1.59. The number of benzene rings is 1. The van der Waals surface area contributed by atoms with Crippen molar-refractivity contribution in [1.82, 2.24) is 14.8 Å². The highest BCUT2D eigenvalue weighted by Gasteiger charge is 2.21. The molecule has 0 saturated heterocycles. The Morgan fingerprint density at radius 1 is 1.35 bits per heavy atom. The van der Waals surface area contributed by atoms with Gasteiger partial charge in [-0.15, -0.1) is 0 Å². The third-order valence-electron chi connectivity index (χ3n) is 3.62. The average Bonchev–Trinajstić information content (AvgIpc) is 2.80. The molecule has 0 radical (unpaired) electrons. The molecule has 0 aliphatic rings. The molecule has 0 aliphatic heterocycles. The fourth-order valence-corrected chi connectivity index (χ4v) is 2.30. The molecule has 1 aromatic carbocycles. The number of hydroxylamine groups is 2. The lowest BCUT2D eigenvalue weighted by molar-refractivity contribution is -0.386. The summed E-state index contributed by atoms with van der Waals surface area (Å²) in [6, 6.07) is 6.96. The molecular weight excluding hydrogens is 300 g/mol. The number of carbonyl (C=O) groups excluding carboxylic acids is 1. The second-order valence-corrected chi connectivity index (χ2v) is 5.12. The van der Waals surface area contributed by atoms with Crippen molar-refractivity contribution in [2.75, 3.05) is 14.2 Å². The summed E-state index contributed by atoms with van der Waals surface area (Å²) in [6.07, 6.45) is 0. The van der Waals surface area contributed by atoms with Crippen LogP contribution in [-0.2, 0) is 11.4 Å². The van der Waals surface area contributed by atoms with Crippen LogP contribution in [0.1, 0.15) is 27.3 Å². The Balaban J connectivity index is 2.21. The number of hydrogen-bond acceptors (Lipinski definition) is 5. The lowest BCUT2D eigenvalue weighted by Gasteiger charge is -2.13. The van der Waals surface area contributed by atoms with Crippen molar-refractivity contribution in [3.63, 3.8) is 0 Å². The van der Waals surface area contributed by atoms with Gasteiger partial charge in [-0.05, 0) is 31.5 Å². The molecule has 0 N–H and O–H groups in total. The number of amides is 1. The minimum atomic E-state index is -0.420. The van der Waals surface area contributed by atoms with E-state index in [1.807, 2.05) is 0 Å². The number of aromatic nitrogens is 2. The first-order chi connectivity index (χ1) is 10.8. The molecule has 0 atom stereocenters. The van der Waals surface area contributed by atoms with E-state index < -0.39 is 4.92 Å². The van der Waals surface area contributed by atoms with Crippen molar-refractivity contribution in [3.8, 4) is 0 Å². The summed E-state index contributed by atoms with van der Waals surface area (Å²) in [5.74, 6) is -0.249. The lowest BCUT2D eigenvalue weighted by Crippen LogP contribution is -2.25. The minimum Gasteiger partial charge on any atom is -0.274 e. The molecule has 0 spiro atoms. The van der Waals surface area contributed by atoms with Gasteiger partial charge in [-0.1, -0.05) is 12.1 Å². The molecule has 0 unspecified atom stereocenters. The van der Waals surface area contributed by atoms with Crippen molar-refractivity contribution in [1.29, 1.82) is 0 Å². The number of hydrogen-bond donors (Lipinski definition) is 0. The molecule has 2 aromatic rings. The summed E-state index contributed by atoms with van der Waals surface area (Å²) in [5.41, 5.74) is 2.32. The van der Waals surface area contributed by atoms with Crippen LogP contribution in [0.5, 0.6) is 0 Å². The first-order valence-corrected chi connectivity index (χ1v) is 6.94. The fraction of sp³-hybridized carbons (Fsp3) is 0.333. The van der Waals surface area contributed by atoms with E-state index in [-0.39, 0.29) is 11.6 Å². The predicted molar refractivity (Wildman–Crippen MR) is 83.0 cm³/mol. The molecule has 1 heterocycles. The van der Waals surface area contributed by atoms with Gasteiger partial charge in [0.25, 0.3) is 5.91 Å². The molecule has 0 aliphatic carbocycles. The summed E-state index contributed by atoms with van der Waals surface area (Å²) in [5, 5.41) is 16.4. The zero-order chi connectivity index (χ0) is 17.1. The van der Waals surface area contributed by atoms with Crippen LogP contribution in [0.25, 0.3) is 0 Å². The second-order valence-electron chi connectivity index (χ2n) is 5.12. The van der Waals surface area contributed by atoms with Crippen molar-refractivity contribution in [2.45, 2.75) is 20.4 Å². The van der Waals surface area contributed by atoms with Crippen molar-refractivity contribution in [3.05, 3.63) is 56.9 Å². The normalized spacial score (nSPS) is 10.6. The predicted octanol–water partition coefficient (Wildman–Crippen LogP) is 2.09. The molecule has 0 saturated carbocycles. The third kappa shape index (κ3) is 3.37. The van der Waals surface area contributed by atoms with Gasteiger partial charge in [0.2, 0.25) is 0 Å². The second kappa shape index (κ2) is 6.57. The zero-order valence-corrected chi connectivity index (χ0v) is 13.4. The van der Waals surface area contributed by atoms with Gasteiger partial charge in [0.1, 0.15) is 11.4 Å². The molecule has 1 aromatic heterocycles. The molecule has 1 amide bonds. The Bertz CT molecular complexity index is 737. The van der Waals surface area contributed by atoms with E-state index in [9.17, 15) is 14.9 Å². The van der Waals surface area contributed by atoms with Crippen LogP contribution < -0.4 is 0 Å². The van der Waals surface area contributed by atoms with Gasteiger partial charge < -0.3 is 0 Å². The van der Waals surface area contributed by atoms with Crippen molar-refractivity contribution in [2.24, 2.45) is 0 Å². The molecule has 8 heteroatoms. The van der Waals surface area contributed by atoms with Crippen LogP contribution in [0.15, 0.2) is 24.3 Å². The highest BCUT2D eigenvalue weighted by Crippen LogP contribution is 2.22. The number of carbonyl (C=O) groups is 1. The molecule has 0 fully saturated rings. The van der Waals surface area contributed by atoms with Crippen LogP contribution in [0.4, 0.5) is 5.69 Å². The first-order valence-electron chi connectivity index (χ1n) is 6.94. The standard InChI is InChI=1S/C15H18N4O4/c1-10-14(19(21)22)11(2)18(16-10)9-12-5-7-13(8-6-12)15(20)17(3)23-4/h5-8H,9H2,1-4H3. The lowest BCUT2D eigenvalue weighted by atomic mass is 10.1. The maximum Gasteiger partial charge on any atom is 0.312 e. The quantitative estimate of drug-likeness (QED) is 0.622. The van der Waals surface area contributed by atoms with Crippen molar-refractivity contribution < 1.29 is 14.6 Å². The maximum atomic E-state index is 11.9. The van der Waals surface area contributed by atoms with Gasteiger partial charge in [-0.25, -0.2) is 5.06 Å². The van der Waals surface area contributed by atoms with Gasteiger partial charge in [-0.3, -0.25) is 24.4 Å². The van der Waals surface area contributed by atoms with Gasteiger partial charge in [0.15, 0.2) is 0 Å². The largest absolute Gasteiger partial charge is 0.312 e. The molecule has 8 nitrogen and oxygen atoms in total. The van der Waals surface area contributed by atoms with Crippen LogP contribution in [0.2, 0.25) is 0 Å². The minimum absolute atomic E-state index is 0.0403. The highest BCUT2D eigenvalue weighted by molar-refractivity contribution is 5.93. The van der Waals surface area contributed by atoms with E-state index in [0.29, 0.717) is 23.5 Å². The summed E-state index contributed by atoms with van der Waals surface area (Å²) in [7, 11) is 2.95. The van der Waals surface area contributed by atoms with E-state index in [1.165, 1.54) is 14.2 Å². The van der Waals surface area contributed by atoms with E-state index in [0.717, 1.165) is 10.6 Å². The number of nitrogens with zero attached hydrogens (tertiary/aromatic N) is 4. The number of rotatable bonds is 5. The molecule has 23 heavy (non-hydrogen) atoms. The van der Waals surface area contributed by atoms with Gasteiger partial charge in [0, 0.05) is 12.6 Å². The molecule has 0 bridgehead atoms. The first kappa shape index (κ1) is 16.6. The summed E-state index contributed by atoms with van der Waals surface area (Å²) in [6.45, 7) is 3.68. The highest BCUT2D eigenvalue weighted by atomic mass is 16.7. The zero-order valence-electron chi connectivity index (χ0n) is 13.4.